The molecule has 13 heteroatoms. The number of hydrogen-bond donors (Lipinski definition) is 0. The molecular weight excluding hydrogens is 438 g/mol. The molecule has 0 radical (unpaired) electrons. The minimum Gasteiger partial charge on any atom is -0.367 e. The van der Waals surface area contributed by atoms with Crippen molar-refractivity contribution < 1.29 is 34.8 Å². The Bertz CT molecular complexity index is 1030. The molecule has 0 spiro atoms. The van der Waals surface area contributed by atoms with E-state index < -0.39 is 46.4 Å². The van der Waals surface area contributed by atoms with E-state index in [9.17, 15) is 34.8 Å². The number of alkyl halides is 6. The van der Waals surface area contributed by atoms with Crippen molar-refractivity contribution in [2.45, 2.75) is 23.3 Å². The van der Waals surface area contributed by atoms with E-state index >= 15 is 0 Å². The summed E-state index contributed by atoms with van der Waals surface area (Å²) in [5.41, 5.74) is -1.08. The van der Waals surface area contributed by atoms with E-state index in [0.717, 1.165) is 12.5 Å². The lowest BCUT2D eigenvalue weighted by Crippen LogP contribution is -2.60. The molecule has 164 valence electrons. The van der Waals surface area contributed by atoms with E-state index in [-0.39, 0.29) is 23.7 Å². The second-order valence-electron chi connectivity index (χ2n) is 6.71. The number of benzene rings is 1. The second-order valence-corrected chi connectivity index (χ2v) is 8.72. The fourth-order valence-electron chi connectivity index (χ4n) is 3.09. The van der Waals surface area contributed by atoms with Crippen LogP contribution in [-0.4, -0.2) is 56.5 Å². The van der Waals surface area contributed by atoms with Gasteiger partial charge < -0.3 is 9.80 Å². The summed E-state index contributed by atoms with van der Waals surface area (Å²) >= 11 is 0. The average molecular weight is 454 g/mol. The van der Waals surface area contributed by atoms with Gasteiger partial charge in [0.15, 0.2) is 9.84 Å². The van der Waals surface area contributed by atoms with Crippen molar-refractivity contribution in [2.75, 3.05) is 35.7 Å². The van der Waals surface area contributed by atoms with Crippen LogP contribution in [0.3, 0.4) is 0 Å². The van der Waals surface area contributed by atoms with Gasteiger partial charge in [-0.15, -0.1) is 0 Å². The Morgan fingerprint density at radius 1 is 1.07 bits per heavy atom. The fraction of sp³-hybridized carbons (Fsp3) is 0.412. The van der Waals surface area contributed by atoms with Crippen LogP contribution in [0.15, 0.2) is 41.4 Å². The smallest absolute Gasteiger partial charge is 0.367 e. The zero-order valence-corrected chi connectivity index (χ0v) is 16.3. The summed E-state index contributed by atoms with van der Waals surface area (Å²) in [6.45, 7) is -0.940. The van der Waals surface area contributed by atoms with Crippen molar-refractivity contribution >= 4 is 21.5 Å². The number of aromatic nitrogens is 2. The highest BCUT2D eigenvalue weighted by Gasteiger charge is 2.48. The van der Waals surface area contributed by atoms with Gasteiger partial charge in [-0.3, -0.25) is 0 Å². The quantitative estimate of drug-likeness (QED) is 0.664. The lowest BCUT2D eigenvalue weighted by atomic mass is 10.1. The van der Waals surface area contributed by atoms with Crippen LogP contribution in [0.25, 0.3) is 0 Å². The Hall–Kier alpha value is -2.57. The number of piperazine rings is 1. The third-order valence-electron chi connectivity index (χ3n) is 4.56. The molecule has 0 N–H and O–H groups in total. The topological polar surface area (TPSA) is 66.4 Å². The third-order valence-corrected chi connectivity index (χ3v) is 5.67. The Kier molecular flexibility index (Phi) is 5.60. The van der Waals surface area contributed by atoms with Gasteiger partial charge in [0.05, 0.1) is 4.90 Å². The Morgan fingerprint density at radius 2 is 1.77 bits per heavy atom. The van der Waals surface area contributed by atoms with Crippen LogP contribution in [0, 0.1) is 0 Å². The molecule has 1 saturated heterocycles. The summed E-state index contributed by atoms with van der Waals surface area (Å²) in [6.07, 6.45) is -7.86. The lowest BCUT2D eigenvalue weighted by Gasteiger charge is -2.43. The standard InChI is InChI=1S/C17H16F6N4O2S/c1-30(28,29)12-4-2-3-11(9-12)26-7-8-27(14(10-26)17(21,22)23)15-24-6-5-13(25-15)16(18,19)20/h2-6,9,14H,7-8,10H2,1H3. The molecule has 1 unspecified atom stereocenters. The third kappa shape index (κ3) is 4.77. The van der Waals surface area contributed by atoms with Crippen molar-refractivity contribution in [3.63, 3.8) is 0 Å². The molecule has 1 atom stereocenters. The molecule has 0 amide bonds. The van der Waals surface area contributed by atoms with Gasteiger partial charge in [-0.1, -0.05) is 6.07 Å². The first-order valence-corrected chi connectivity index (χ1v) is 10.4. The molecule has 0 aliphatic carbocycles. The highest BCUT2D eigenvalue weighted by molar-refractivity contribution is 7.90. The van der Waals surface area contributed by atoms with Gasteiger partial charge in [0.25, 0.3) is 0 Å². The van der Waals surface area contributed by atoms with E-state index in [4.69, 9.17) is 0 Å². The number of nitrogens with zero attached hydrogens (tertiary/aromatic N) is 4. The van der Waals surface area contributed by atoms with Crippen LogP contribution >= 0.6 is 0 Å². The normalized spacial score (nSPS) is 18.6. The maximum atomic E-state index is 13.7. The summed E-state index contributed by atoms with van der Waals surface area (Å²) in [5, 5.41) is 0. The van der Waals surface area contributed by atoms with Gasteiger partial charge in [-0.25, -0.2) is 18.4 Å². The molecule has 1 aliphatic heterocycles. The predicted molar refractivity (Wildman–Crippen MR) is 96.0 cm³/mol. The van der Waals surface area contributed by atoms with Crippen molar-refractivity contribution in [3.05, 3.63) is 42.2 Å². The molecule has 30 heavy (non-hydrogen) atoms. The number of hydrogen-bond acceptors (Lipinski definition) is 6. The van der Waals surface area contributed by atoms with Gasteiger partial charge in [-0.05, 0) is 24.3 Å². The van der Waals surface area contributed by atoms with Crippen LogP contribution in [-0.2, 0) is 16.0 Å². The molecule has 1 aromatic heterocycles. The minimum absolute atomic E-state index is 0.000595. The van der Waals surface area contributed by atoms with Gasteiger partial charge in [0, 0.05) is 37.8 Å². The largest absolute Gasteiger partial charge is 0.433 e. The van der Waals surface area contributed by atoms with E-state index in [1.54, 1.807) is 0 Å². The number of halogens is 6. The monoisotopic (exact) mass is 454 g/mol. The maximum absolute atomic E-state index is 13.7. The molecule has 1 fully saturated rings. The molecule has 0 bridgehead atoms. The first-order chi connectivity index (χ1) is 13.8. The van der Waals surface area contributed by atoms with Crippen molar-refractivity contribution in [1.29, 1.82) is 0 Å². The van der Waals surface area contributed by atoms with Crippen molar-refractivity contribution in [2.24, 2.45) is 0 Å². The molecule has 1 aromatic carbocycles. The first kappa shape index (κ1) is 22.1. The molecule has 2 heterocycles. The van der Waals surface area contributed by atoms with Crippen LogP contribution in [0.5, 0.6) is 0 Å². The summed E-state index contributed by atoms with van der Waals surface area (Å²) in [6, 6.07) is 3.87. The van der Waals surface area contributed by atoms with Crippen LogP contribution < -0.4 is 9.80 Å². The van der Waals surface area contributed by atoms with Gasteiger partial charge in [0.2, 0.25) is 5.95 Å². The molecule has 2 aromatic rings. The summed E-state index contributed by atoms with van der Waals surface area (Å²) in [7, 11) is -3.56. The van der Waals surface area contributed by atoms with Crippen molar-refractivity contribution in [3.8, 4) is 0 Å². The first-order valence-electron chi connectivity index (χ1n) is 8.55. The molecule has 1 aliphatic rings. The maximum Gasteiger partial charge on any atom is 0.433 e. The number of sulfone groups is 1. The SMILES string of the molecule is CS(=O)(=O)c1cccc(N2CCN(c3nccc(C(F)(F)F)n3)C(C(F)(F)F)C2)c1. The minimum atomic E-state index is -4.82. The molecule has 6 nitrogen and oxygen atoms in total. The van der Waals surface area contributed by atoms with E-state index in [1.807, 2.05) is 0 Å². The number of anilines is 2. The van der Waals surface area contributed by atoms with Crippen LogP contribution in [0.1, 0.15) is 5.69 Å². The summed E-state index contributed by atoms with van der Waals surface area (Å²) < 4.78 is 103. The van der Waals surface area contributed by atoms with Crippen molar-refractivity contribution in [1.82, 2.24) is 9.97 Å². The summed E-state index contributed by atoms with van der Waals surface area (Å²) in [4.78, 5) is 8.84. The molecule has 3 rings (SSSR count). The van der Waals surface area contributed by atoms with Gasteiger partial charge >= 0.3 is 12.4 Å². The van der Waals surface area contributed by atoms with Crippen LogP contribution in [0.4, 0.5) is 38.0 Å². The number of rotatable bonds is 3. The van der Waals surface area contributed by atoms with E-state index in [1.165, 1.54) is 29.2 Å². The lowest BCUT2D eigenvalue weighted by molar-refractivity contribution is -0.148. The van der Waals surface area contributed by atoms with Gasteiger partial charge in [0.1, 0.15) is 11.7 Å². The molecular formula is C17H16F6N4O2S. The van der Waals surface area contributed by atoms with Crippen LogP contribution in [0.2, 0.25) is 0 Å². The summed E-state index contributed by atoms with van der Waals surface area (Å²) in [5.74, 6) is -0.670. The Labute approximate surface area is 168 Å². The zero-order valence-electron chi connectivity index (χ0n) is 15.4. The zero-order chi connectivity index (χ0) is 22.3. The fourth-order valence-corrected chi connectivity index (χ4v) is 3.75. The highest BCUT2D eigenvalue weighted by Crippen LogP contribution is 2.34. The second kappa shape index (κ2) is 7.60. The Morgan fingerprint density at radius 3 is 2.37 bits per heavy atom. The highest BCUT2D eigenvalue weighted by atomic mass is 32.2. The van der Waals surface area contributed by atoms with E-state index in [2.05, 4.69) is 9.97 Å². The van der Waals surface area contributed by atoms with E-state index in [0.29, 0.717) is 11.0 Å². The Balaban J connectivity index is 1.93. The van der Waals surface area contributed by atoms with Gasteiger partial charge in [-0.2, -0.15) is 26.3 Å². The molecule has 0 saturated carbocycles. The average Bonchev–Trinajstić information content (AvgIpc) is 2.66. The predicted octanol–water partition coefficient (Wildman–Crippen LogP) is 3.16.